The molecule has 1 aliphatic carbocycles. The molecule has 0 bridgehead atoms. The molecule has 0 aliphatic heterocycles. The number of carbonyl (C=O) groups excluding carboxylic acids is 1. The van der Waals surface area contributed by atoms with E-state index in [-0.39, 0.29) is 0 Å². The number of rotatable bonds is 4. The molecule has 86 valence electrons. The topological polar surface area (TPSA) is 33.2 Å². The summed E-state index contributed by atoms with van der Waals surface area (Å²) in [5.41, 5.74) is 0.683. The van der Waals surface area contributed by atoms with Crippen molar-refractivity contribution in [2.75, 3.05) is 18.5 Å². The molecular weight excluding hydrogens is 200 g/mol. The number of aromatic nitrogens is 1. The summed E-state index contributed by atoms with van der Waals surface area (Å²) in [6, 6.07) is 3.62. The number of hydrogen-bond acceptors (Lipinski definition) is 3. The number of aldehydes is 1. The minimum absolute atomic E-state index is 0.683. The highest BCUT2D eigenvalue weighted by Crippen LogP contribution is 2.26. The van der Waals surface area contributed by atoms with Crippen LogP contribution >= 0.6 is 0 Å². The first-order valence-corrected chi connectivity index (χ1v) is 5.92. The van der Waals surface area contributed by atoms with Crippen LogP contribution in [0.15, 0.2) is 18.3 Å². The van der Waals surface area contributed by atoms with Crippen LogP contribution < -0.4 is 4.90 Å². The highest BCUT2D eigenvalue weighted by atomic mass is 16.1. The first kappa shape index (κ1) is 11.1. The second-order valence-corrected chi connectivity index (χ2v) is 4.57. The van der Waals surface area contributed by atoms with Crippen LogP contribution in [-0.4, -0.2) is 24.9 Å². The minimum atomic E-state index is 0.683. The van der Waals surface area contributed by atoms with E-state index < -0.39 is 0 Å². The highest BCUT2D eigenvalue weighted by Gasteiger charge is 2.18. The predicted molar refractivity (Wildman–Crippen MR) is 64.9 cm³/mol. The van der Waals surface area contributed by atoms with Crippen LogP contribution in [0.5, 0.6) is 0 Å². The molecule has 1 aromatic heterocycles. The second kappa shape index (κ2) is 5.10. The fraction of sp³-hybridized carbons (Fsp3) is 0.538. The Morgan fingerprint density at radius 3 is 2.94 bits per heavy atom. The summed E-state index contributed by atoms with van der Waals surface area (Å²) in [5, 5.41) is 0. The number of pyridine rings is 1. The Balaban J connectivity index is 2.07. The van der Waals surface area contributed by atoms with E-state index in [4.69, 9.17) is 0 Å². The lowest BCUT2D eigenvalue weighted by atomic mass is 10.1. The zero-order valence-electron chi connectivity index (χ0n) is 9.72. The Morgan fingerprint density at radius 2 is 2.25 bits per heavy atom. The first-order chi connectivity index (χ1) is 7.81. The molecule has 0 aromatic carbocycles. The van der Waals surface area contributed by atoms with Gasteiger partial charge in [0.2, 0.25) is 0 Å². The molecule has 1 fully saturated rings. The largest absolute Gasteiger partial charge is 0.359 e. The molecule has 0 spiro atoms. The monoisotopic (exact) mass is 218 g/mol. The van der Waals surface area contributed by atoms with E-state index in [1.807, 2.05) is 13.1 Å². The summed E-state index contributed by atoms with van der Waals surface area (Å²) in [6.07, 6.45) is 7.95. The Labute approximate surface area is 96.5 Å². The maximum atomic E-state index is 10.9. The van der Waals surface area contributed by atoms with Gasteiger partial charge in [0.15, 0.2) is 6.29 Å². The van der Waals surface area contributed by atoms with Gasteiger partial charge in [-0.2, -0.15) is 0 Å². The molecule has 0 saturated heterocycles. The Hall–Kier alpha value is -1.38. The summed E-state index contributed by atoms with van der Waals surface area (Å²) in [5.74, 6) is 1.58. The molecule has 3 nitrogen and oxygen atoms in total. The van der Waals surface area contributed by atoms with Crippen molar-refractivity contribution in [1.29, 1.82) is 0 Å². The summed E-state index contributed by atoms with van der Waals surface area (Å²) >= 11 is 0. The third-order valence-electron chi connectivity index (χ3n) is 3.31. The van der Waals surface area contributed by atoms with E-state index in [9.17, 15) is 4.79 Å². The Morgan fingerprint density at radius 1 is 1.50 bits per heavy atom. The maximum absolute atomic E-state index is 10.9. The smallest absolute Gasteiger partial charge is 0.153 e. The molecule has 16 heavy (non-hydrogen) atoms. The standard InChI is InChI=1S/C13H18N2O/c1-15(9-11-5-2-3-6-11)13-12(10-16)7-4-8-14-13/h4,7-8,10-11H,2-3,5-6,9H2,1H3. The van der Waals surface area contributed by atoms with Crippen LogP contribution in [0, 0.1) is 5.92 Å². The summed E-state index contributed by atoms with van der Waals surface area (Å²) < 4.78 is 0. The van der Waals surface area contributed by atoms with Crippen molar-refractivity contribution in [2.45, 2.75) is 25.7 Å². The molecule has 1 heterocycles. The normalized spacial score (nSPS) is 16.3. The van der Waals surface area contributed by atoms with Crippen LogP contribution in [0.2, 0.25) is 0 Å². The van der Waals surface area contributed by atoms with Gasteiger partial charge in [-0.3, -0.25) is 4.79 Å². The van der Waals surface area contributed by atoms with Crippen molar-refractivity contribution in [3.05, 3.63) is 23.9 Å². The van der Waals surface area contributed by atoms with Crippen molar-refractivity contribution >= 4 is 12.1 Å². The van der Waals surface area contributed by atoms with Gasteiger partial charge in [0.05, 0.1) is 5.56 Å². The van der Waals surface area contributed by atoms with Crippen LogP contribution in [0.25, 0.3) is 0 Å². The second-order valence-electron chi connectivity index (χ2n) is 4.57. The average Bonchev–Trinajstić information content (AvgIpc) is 2.81. The van der Waals surface area contributed by atoms with E-state index in [1.165, 1.54) is 25.7 Å². The zero-order chi connectivity index (χ0) is 11.4. The minimum Gasteiger partial charge on any atom is -0.359 e. The first-order valence-electron chi connectivity index (χ1n) is 5.92. The van der Waals surface area contributed by atoms with Gasteiger partial charge in [0.25, 0.3) is 0 Å². The quantitative estimate of drug-likeness (QED) is 0.728. The molecule has 0 amide bonds. The molecule has 0 unspecified atom stereocenters. The van der Waals surface area contributed by atoms with E-state index in [2.05, 4.69) is 9.88 Å². The van der Waals surface area contributed by atoms with Gasteiger partial charge in [-0.05, 0) is 30.9 Å². The molecule has 2 rings (SSSR count). The van der Waals surface area contributed by atoms with Gasteiger partial charge >= 0.3 is 0 Å². The predicted octanol–water partition coefficient (Wildman–Crippen LogP) is 2.52. The lowest BCUT2D eigenvalue weighted by Crippen LogP contribution is -2.25. The number of nitrogens with zero attached hydrogens (tertiary/aromatic N) is 2. The fourth-order valence-corrected chi connectivity index (χ4v) is 2.49. The third-order valence-corrected chi connectivity index (χ3v) is 3.31. The van der Waals surface area contributed by atoms with Gasteiger partial charge < -0.3 is 4.90 Å². The fourth-order valence-electron chi connectivity index (χ4n) is 2.49. The lowest BCUT2D eigenvalue weighted by Gasteiger charge is -2.22. The zero-order valence-corrected chi connectivity index (χ0v) is 9.72. The van der Waals surface area contributed by atoms with Crippen LogP contribution in [0.1, 0.15) is 36.0 Å². The van der Waals surface area contributed by atoms with Crippen molar-refractivity contribution in [3.8, 4) is 0 Å². The maximum Gasteiger partial charge on any atom is 0.153 e. The molecule has 0 atom stereocenters. The molecule has 0 N–H and O–H groups in total. The lowest BCUT2D eigenvalue weighted by molar-refractivity contribution is 0.112. The SMILES string of the molecule is CN(CC1CCCC1)c1ncccc1C=O. The summed E-state index contributed by atoms with van der Waals surface area (Å²) in [7, 11) is 2.02. The molecule has 3 heteroatoms. The number of anilines is 1. The van der Waals surface area contributed by atoms with Crippen molar-refractivity contribution < 1.29 is 4.79 Å². The molecule has 0 radical (unpaired) electrons. The Kier molecular flexibility index (Phi) is 3.54. The Bertz CT molecular complexity index is 359. The summed E-state index contributed by atoms with van der Waals surface area (Å²) in [4.78, 5) is 17.3. The van der Waals surface area contributed by atoms with E-state index in [0.717, 1.165) is 24.6 Å². The third kappa shape index (κ3) is 2.40. The summed E-state index contributed by atoms with van der Waals surface area (Å²) in [6.45, 7) is 1.01. The van der Waals surface area contributed by atoms with Crippen LogP contribution in [0.3, 0.4) is 0 Å². The number of carbonyl (C=O) groups is 1. The van der Waals surface area contributed by atoms with E-state index >= 15 is 0 Å². The highest BCUT2D eigenvalue weighted by molar-refractivity contribution is 5.82. The van der Waals surface area contributed by atoms with Crippen LogP contribution in [-0.2, 0) is 0 Å². The molecule has 1 aromatic rings. The molecule has 1 saturated carbocycles. The van der Waals surface area contributed by atoms with E-state index in [1.54, 1.807) is 12.3 Å². The number of hydrogen-bond donors (Lipinski definition) is 0. The van der Waals surface area contributed by atoms with Gasteiger partial charge in [-0.25, -0.2) is 4.98 Å². The van der Waals surface area contributed by atoms with Crippen molar-refractivity contribution in [1.82, 2.24) is 4.98 Å². The van der Waals surface area contributed by atoms with E-state index in [0.29, 0.717) is 5.56 Å². The van der Waals surface area contributed by atoms with Gasteiger partial charge in [0.1, 0.15) is 5.82 Å². The van der Waals surface area contributed by atoms with Crippen LogP contribution in [0.4, 0.5) is 5.82 Å². The van der Waals surface area contributed by atoms with Gasteiger partial charge in [0, 0.05) is 19.8 Å². The average molecular weight is 218 g/mol. The van der Waals surface area contributed by atoms with Crippen molar-refractivity contribution in [3.63, 3.8) is 0 Å². The molecular formula is C13H18N2O. The van der Waals surface area contributed by atoms with Gasteiger partial charge in [-0.1, -0.05) is 12.8 Å². The van der Waals surface area contributed by atoms with Crippen molar-refractivity contribution in [2.24, 2.45) is 5.92 Å². The molecule has 1 aliphatic rings. The van der Waals surface area contributed by atoms with Gasteiger partial charge in [-0.15, -0.1) is 0 Å².